The predicted octanol–water partition coefficient (Wildman–Crippen LogP) is 0.929. The number of carbonyl (C=O) groups is 1. The van der Waals surface area contributed by atoms with Gasteiger partial charge in [-0.05, 0) is 45.7 Å². The van der Waals surface area contributed by atoms with E-state index in [0.29, 0.717) is 11.9 Å². The maximum atomic E-state index is 12.1. The van der Waals surface area contributed by atoms with Crippen molar-refractivity contribution in [2.75, 3.05) is 39.3 Å². The highest BCUT2D eigenvalue weighted by molar-refractivity contribution is 5.76. The Morgan fingerprint density at radius 1 is 1.22 bits per heavy atom. The summed E-state index contributed by atoms with van der Waals surface area (Å²) in [4.78, 5) is 16.6. The average molecular weight is 253 g/mol. The fourth-order valence-corrected chi connectivity index (χ4v) is 2.74. The molecular formula is C14H27N3O. The van der Waals surface area contributed by atoms with Crippen LogP contribution < -0.4 is 5.32 Å². The van der Waals surface area contributed by atoms with E-state index >= 15 is 0 Å². The molecule has 2 saturated heterocycles. The van der Waals surface area contributed by atoms with Gasteiger partial charge in [-0.15, -0.1) is 0 Å². The van der Waals surface area contributed by atoms with Crippen LogP contribution in [0.2, 0.25) is 0 Å². The fourth-order valence-electron chi connectivity index (χ4n) is 2.74. The summed E-state index contributed by atoms with van der Waals surface area (Å²) >= 11 is 0. The molecule has 2 aliphatic rings. The van der Waals surface area contributed by atoms with Gasteiger partial charge in [-0.1, -0.05) is 0 Å². The first-order valence-corrected chi connectivity index (χ1v) is 7.39. The molecule has 1 N–H and O–H groups in total. The Hall–Kier alpha value is -0.610. The van der Waals surface area contributed by atoms with Gasteiger partial charge in [0.2, 0.25) is 5.91 Å². The van der Waals surface area contributed by atoms with Gasteiger partial charge < -0.3 is 10.2 Å². The van der Waals surface area contributed by atoms with Gasteiger partial charge in [-0.3, -0.25) is 9.69 Å². The van der Waals surface area contributed by atoms with Gasteiger partial charge in [0.25, 0.3) is 0 Å². The summed E-state index contributed by atoms with van der Waals surface area (Å²) in [6, 6.07) is 0.605. The lowest BCUT2D eigenvalue weighted by molar-refractivity contribution is -0.133. The molecule has 4 nitrogen and oxygen atoms in total. The third kappa shape index (κ3) is 3.69. The van der Waals surface area contributed by atoms with Crippen molar-refractivity contribution in [2.24, 2.45) is 5.92 Å². The normalized spacial score (nSPS) is 22.3. The number of amides is 1. The Balaban J connectivity index is 1.61. The van der Waals surface area contributed by atoms with Gasteiger partial charge in [0.05, 0.1) is 0 Å². The molecule has 0 aliphatic carbocycles. The summed E-state index contributed by atoms with van der Waals surface area (Å²) in [5, 5.41) is 3.28. The number of rotatable bonds is 5. The number of nitrogens with one attached hydrogen (secondary N) is 1. The van der Waals surface area contributed by atoms with Crippen LogP contribution in [-0.4, -0.2) is 61.0 Å². The first-order valence-electron chi connectivity index (χ1n) is 7.39. The van der Waals surface area contributed by atoms with Crippen molar-refractivity contribution in [3.8, 4) is 0 Å². The number of nitrogens with zero attached hydrogens (tertiary/aromatic N) is 2. The standard InChI is InChI=1S/C14H27N3O/c1-12(2)16-6-8-17(9-7-16)14(18)5-3-4-13-10-15-11-13/h12-13,15H,3-11H2,1-2H3. The molecule has 0 saturated carbocycles. The maximum absolute atomic E-state index is 12.1. The topological polar surface area (TPSA) is 35.6 Å². The van der Waals surface area contributed by atoms with Crippen LogP contribution in [0.3, 0.4) is 0 Å². The third-order valence-corrected chi connectivity index (χ3v) is 4.27. The molecule has 0 aromatic carbocycles. The molecule has 0 radical (unpaired) electrons. The zero-order valence-electron chi connectivity index (χ0n) is 11.8. The monoisotopic (exact) mass is 253 g/mol. The minimum absolute atomic E-state index is 0.366. The van der Waals surface area contributed by atoms with Crippen molar-refractivity contribution in [3.63, 3.8) is 0 Å². The first-order chi connectivity index (χ1) is 8.66. The van der Waals surface area contributed by atoms with Crippen molar-refractivity contribution >= 4 is 5.91 Å². The second-order valence-corrected chi connectivity index (χ2v) is 5.93. The second-order valence-electron chi connectivity index (χ2n) is 5.93. The Morgan fingerprint density at radius 2 is 1.89 bits per heavy atom. The molecule has 0 atom stereocenters. The maximum Gasteiger partial charge on any atom is 0.222 e. The largest absolute Gasteiger partial charge is 0.340 e. The summed E-state index contributed by atoms with van der Waals surface area (Å²) in [6.45, 7) is 10.7. The average Bonchev–Trinajstić information content (AvgIpc) is 2.32. The molecule has 0 bridgehead atoms. The van der Waals surface area contributed by atoms with Gasteiger partial charge in [-0.25, -0.2) is 0 Å². The molecule has 0 unspecified atom stereocenters. The Labute approximate surface area is 111 Å². The number of hydrogen-bond acceptors (Lipinski definition) is 3. The van der Waals surface area contributed by atoms with Crippen molar-refractivity contribution in [2.45, 2.75) is 39.2 Å². The summed E-state index contributed by atoms with van der Waals surface area (Å²) in [5.41, 5.74) is 0. The van der Waals surface area contributed by atoms with E-state index in [9.17, 15) is 4.79 Å². The molecule has 2 heterocycles. The van der Waals surface area contributed by atoms with Crippen LogP contribution in [0.1, 0.15) is 33.1 Å². The lowest BCUT2D eigenvalue weighted by Crippen LogP contribution is -2.50. The summed E-state index contributed by atoms with van der Waals surface area (Å²) in [7, 11) is 0. The Kier molecular flexibility index (Phi) is 5.01. The smallest absolute Gasteiger partial charge is 0.222 e. The Bertz CT molecular complexity index is 268. The van der Waals surface area contributed by atoms with Crippen LogP contribution in [0.15, 0.2) is 0 Å². The molecule has 2 aliphatic heterocycles. The molecule has 104 valence electrons. The summed E-state index contributed by atoms with van der Waals surface area (Å²) < 4.78 is 0. The van der Waals surface area contributed by atoms with Gasteiger partial charge >= 0.3 is 0 Å². The van der Waals surface area contributed by atoms with E-state index in [4.69, 9.17) is 0 Å². The minimum Gasteiger partial charge on any atom is -0.340 e. The van der Waals surface area contributed by atoms with Crippen LogP contribution in [0, 0.1) is 5.92 Å². The van der Waals surface area contributed by atoms with Gasteiger partial charge in [0.1, 0.15) is 0 Å². The summed E-state index contributed by atoms with van der Waals surface area (Å²) in [6.07, 6.45) is 3.03. The lowest BCUT2D eigenvalue weighted by atomic mass is 9.96. The first kappa shape index (κ1) is 13.8. The van der Waals surface area contributed by atoms with Crippen LogP contribution >= 0.6 is 0 Å². The molecule has 0 aromatic rings. The molecule has 2 rings (SSSR count). The SMILES string of the molecule is CC(C)N1CCN(C(=O)CCCC2CNC2)CC1. The van der Waals surface area contributed by atoms with Crippen LogP contribution in [0.4, 0.5) is 0 Å². The minimum atomic E-state index is 0.366. The Morgan fingerprint density at radius 3 is 2.39 bits per heavy atom. The van der Waals surface area contributed by atoms with Gasteiger partial charge in [0.15, 0.2) is 0 Å². The number of hydrogen-bond donors (Lipinski definition) is 1. The molecule has 4 heteroatoms. The van der Waals surface area contributed by atoms with E-state index < -0.39 is 0 Å². The fraction of sp³-hybridized carbons (Fsp3) is 0.929. The van der Waals surface area contributed by atoms with E-state index in [2.05, 4.69) is 29.0 Å². The summed E-state index contributed by atoms with van der Waals surface area (Å²) in [5.74, 6) is 1.20. The van der Waals surface area contributed by atoms with Gasteiger partial charge in [0, 0.05) is 38.6 Å². The van der Waals surface area contributed by atoms with Crippen molar-refractivity contribution in [3.05, 3.63) is 0 Å². The van der Waals surface area contributed by atoms with Crippen molar-refractivity contribution in [1.82, 2.24) is 15.1 Å². The third-order valence-electron chi connectivity index (χ3n) is 4.27. The van der Waals surface area contributed by atoms with Crippen LogP contribution in [0.5, 0.6) is 0 Å². The number of piperazine rings is 1. The van der Waals surface area contributed by atoms with Gasteiger partial charge in [-0.2, -0.15) is 0 Å². The predicted molar refractivity (Wildman–Crippen MR) is 73.5 cm³/mol. The highest BCUT2D eigenvalue weighted by Gasteiger charge is 2.22. The van der Waals surface area contributed by atoms with Crippen LogP contribution in [0.25, 0.3) is 0 Å². The zero-order chi connectivity index (χ0) is 13.0. The van der Waals surface area contributed by atoms with Crippen molar-refractivity contribution < 1.29 is 4.79 Å². The van der Waals surface area contributed by atoms with E-state index in [1.54, 1.807) is 0 Å². The van der Waals surface area contributed by atoms with E-state index in [1.807, 2.05) is 0 Å². The molecule has 0 spiro atoms. The lowest BCUT2D eigenvalue weighted by Gasteiger charge is -2.37. The molecule has 2 fully saturated rings. The zero-order valence-corrected chi connectivity index (χ0v) is 11.8. The number of carbonyl (C=O) groups excluding carboxylic acids is 1. The second kappa shape index (κ2) is 6.53. The highest BCUT2D eigenvalue weighted by atomic mass is 16.2. The molecule has 0 aromatic heterocycles. The van der Waals surface area contributed by atoms with Crippen molar-refractivity contribution in [1.29, 1.82) is 0 Å². The van der Waals surface area contributed by atoms with Crippen LogP contribution in [-0.2, 0) is 4.79 Å². The highest BCUT2D eigenvalue weighted by Crippen LogP contribution is 2.14. The molecular weight excluding hydrogens is 226 g/mol. The quantitative estimate of drug-likeness (QED) is 0.792. The molecule has 18 heavy (non-hydrogen) atoms. The molecule has 1 amide bonds. The van der Waals surface area contributed by atoms with E-state index in [1.165, 1.54) is 6.42 Å². The van der Waals surface area contributed by atoms with E-state index in [-0.39, 0.29) is 0 Å². The van der Waals surface area contributed by atoms with E-state index in [0.717, 1.165) is 58.0 Å².